The highest BCUT2D eigenvalue weighted by molar-refractivity contribution is 5.80. The summed E-state index contributed by atoms with van der Waals surface area (Å²) in [5.41, 5.74) is 0.449. The Morgan fingerprint density at radius 2 is 2.18 bits per heavy atom. The average molecular weight is 309 g/mol. The Hall–Kier alpha value is -1.46. The lowest BCUT2D eigenvalue weighted by atomic mass is 10.1. The summed E-state index contributed by atoms with van der Waals surface area (Å²) in [6.45, 7) is 1.95. The van der Waals surface area contributed by atoms with E-state index in [1.807, 2.05) is 6.92 Å². The maximum absolute atomic E-state index is 13.1. The molecular formula is C17H24FNO3. The lowest BCUT2D eigenvalue weighted by Gasteiger charge is -2.21. The second-order valence-electron chi connectivity index (χ2n) is 5.76. The van der Waals surface area contributed by atoms with E-state index in [9.17, 15) is 14.3 Å². The third-order valence-electron chi connectivity index (χ3n) is 4.03. The number of hydrogen-bond donors (Lipinski definition) is 2. The van der Waals surface area contributed by atoms with Gasteiger partial charge in [0.05, 0.1) is 12.2 Å². The fourth-order valence-corrected chi connectivity index (χ4v) is 2.74. The molecule has 0 radical (unpaired) electrons. The van der Waals surface area contributed by atoms with E-state index < -0.39 is 18.0 Å². The Kier molecular flexibility index (Phi) is 6.34. The zero-order valence-electron chi connectivity index (χ0n) is 12.9. The number of amides is 1. The van der Waals surface area contributed by atoms with Gasteiger partial charge in [-0.3, -0.25) is 4.79 Å². The lowest BCUT2D eigenvalue weighted by molar-refractivity contribution is -0.137. The van der Waals surface area contributed by atoms with E-state index in [1.165, 1.54) is 18.2 Å². The first-order valence-corrected chi connectivity index (χ1v) is 7.97. The molecule has 1 aliphatic carbocycles. The third kappa shape index (κ3) is 4.78. The van der Waals surface area contributed by atoms with E-state index in [-0.39, 0.29) is 18.6 Å². The lowest BCUT2D eigenvalue weighted by Crippen LogP contribution is -2.39. The predicted molar refractivity (Wildman–Crippen MR) is 81.8 cm³/mol. The first-order valence-electron chi connectivity index (χ1n) is 7.97. The summed E-state index contributed by atoms with van der Waals surface area (Å²) >= 11 is 0. The van der Waals surface area contributed by atoms with Crippen LogP contribution in [-0.4, -0.2) is 29.8 Å². The Morgan fingerprint density at radius 3 is 2.82 bits per heavy atom. The highest BCUT2D eigenvalue weighted by atomic mass is 19.1. The second kappa shape index (κ2) is 8.25. The fraction of sp³-hybridized carbons (Fsp3) is 0.588. The van der Waals surface area contributed by atoms with E-state index in [4.69, 9.17) is 4.74 Å². The number of aliphatic hydroxyl groups is 1. The highest BCUT2D eigenvalue weighted by Crippen LogP contribution is 2.23. The summed E-state index contributed by atoms with van der Waals surface area (Å²) in [5, 5.41) is 12.7. The molecule has 2 N–H and O–H groups in total. The fourth-order valence-electron chi connectivity index (χ4n) is 2.74. The molecule has 2 rings (SSSR count). The van der Waals surface area contributed by atoms with Gasteiger partial charge in [0, 0.05) is 6.54 Å². The van der Waals surface area contributed by atoms with Crippen LogP contribution in [0.1, 0.15) is 50.7 Å². The molecule has 1 saturated carbocycles. The van der Waals surface area contributed by atoms with Crippen molar-refractivity contribution in [1.82, 2.24) is 5.32 Å². The van der Waals surface area contributed by atoms with Crippen LogP contribution in [0.15, 0.2) is 24.3 Å². The first-order chi connectivity index (χ1) is 10.6. The topological polar surface area (TPSA) is 58.6 Å². The standard InChI is InChI=1S/C17H24FNO3/c1-2-16(22-14-8-3-4-9-14)17(21)19-11-15(20)12-6-5-7-13(18)10-12/h5-7,10,14-16,20H,2-4,8-9,11H2,1H3,(H,19,21). The Morgan fingerprint density at radius 1 is 1.45 bits per heavy atom. The first kappa shape index (κ1) is 16.9. The number of rotatable bonds is 7. The SMILES string of the molecule is CCC(OC1CCCC1)C(=O)NCC(O)c1cccc(F)c1. The van der Waals surface area contributed by atoms with Gasteiger partial charge < -0.3 is 15.2 Å². The summed E-state index contributed by atoms with van der Waals surface area (Å²) in [7, 11) is 0. The molecule has 1 aliphatic rings. The molecule has 2 unspecified atom stereocenters. The summed E-state index contributed by atoms with van der Waals surface area (Å²) < 4.78 is 18.9. The van der Waals surface area contributed by atoms with Crippen molar-refractivity contribution in [3.63, 3.8) is 0 Å². The Balaban J connectivity index is 1.82. The average Bonchev–Trinajstić information content (AvgIpc) is 3.03. The van der Waals surface area contributed by atoms with E-state index in [0.717, 1.165) is 25.7 Å². The van der Waals surface area contributed by atoms with Gasteiger partial charge in [-0.05, 0) is 37.0 Å². The Bertz CT molecular complexity index is 489. The van der Waals surface area contributed by atoms with Crippen LogP contribution < -0.4 is 5.32 Å². The van der Waals surface area contributed by atoms with E-state index in [2.05, 4.69) is 5.32 Å². The molecule has 0 saturated heterocycles. The van der Waals surface area contributed by atoms with Crippen molar-refractivity contribution in [2.24, 2.45) is 0 Å². The minimum atomic E-state index is -0.927. The van der Waals surface area contributed by atoms with Crippen LogP contribution >= 0.6 is 0 Å². The van der Waals surface area contributed by atoms with Crippen LogP contribution in [0, 0.1) is 5.82 Å². The predicted octanol–water partition coefficient (Wildman–Crippen LogP) is 2.71. The van der Waals surface area contributed by atoms with Crippen LogP contribution in [0.25, 0.3) is 0 Å². The molecule has 0 aliphatic heterocycles. The van der Waals surface area contributed by atoms with Crippen molar-refractivity contribution in [2.45, 2.75) is 57.3 Å². The van der Waals surface area contributed by atoms with Gasteiger partial charge >= 0.3 is 0 Å². The van der Waals surface area contributed by atoms with Crippen molar-refractivity contribution in [2.75, 3.05) is 6.54 Å². The third-order valence-corrected chi connectivity index (χ3v) is 4.03. The second-order valence-corrected chi connectivity index (χ2v) is 5.76. The van der Waals surface area contributed by atoms with E-state index >= 15 is 0 Å². The summed E-state index contributed by atoms with van der Waals surface area (Å²) in [6, 6.07) is 5.75. The number of benzene rings is 1. The smallest absolute Gasteiger partial charge is 0.249 e. The summed E-state index contributed by atoms with van der Waals surface area (Å²) in [6.07, 6.45) is 3.68. The molecule has 0 aromatic heterocycles. The number of aliphatic hydroxyl groups excluding tert-OH is 1. The van der Waals surface area contributed by atoms with Gasteiger partial charge in [-0.1, -0.05) is 31.9 Å². The van der Waals surface area contributed by atoms with E-state index in [1.54, 1.807) is 6.07 Å². The molecule has 1 fully saturated rings. The van der Waals surface area contributed by atoms with Crippen LogP contribution in [-0.2, 0) is 9.53 Å². The van der Waals surface area contributed by atoms with Gasteiger partial charge in [-0.15, -0.1) is 0 Å². The van der Waals surface area contributed by atoms with Crippen molar-refractivity contribution in [1.29, 1.82) is 0 Å². The molecule has 4 nitrogen and oxygen atoms in total. The molecule has 122 valence electrons. The Labute approximate surface area is 130 Å². The zero-order valence-corrected chi connectivity index (χ0v) is 12.9. The number of ether oxygens (including phenoxy) is 1. The van der Waals surface area contributed by atoms with E-state index in [0.29, 0.717) is 12.0 Å². The molecule has 1 aromatic rings. The normalized spacial score (nSPS) is 18.1. The number of nitrogens with one attached hydrogen (secondary N) is 1. The molecule has 0 heterocycles. The van der Waals surface area contributed by atoms with Gasteiger partial charge in [0.15, 0.2) is 0 Å². The minimum Gasteiger partial charge on any atom is -0.387 e. The van der Waals surface area contributed by atoms with Gasteiger partial charge in [0.1, 0.15) is 11.9 Å². The van der Waals surface area contributed by atoms with Crippen LogP contribution in [0.3, 0.4) is 0 Å². The van der Waals surface area contributed by atoms with Gasteiger partial charge in [0.2, 0.25) is 5.91 Å². The molecule has 0 spiro atoms. The summed E-state index contributed by atoms with van der Waals surface area (Å²) in [4.78, 5) is 12.1. The molecular weight excluding hydrogens is 285 g/mol. The van der Waals surface area contributed by atoms with Gasteiger partial charge in [0.25, 0.3) is 0 Å². The molecule has 2 atom stereocenters. The van der Waals surface area contributed by atoms with Crippen LogP contribution in [0.4, 0.5) is 4.39 Å². The maximum atomic E-state index is 13.1. The molecule has 0 bridgehead atoms. The zero-order chi connectivity index (χ0) is 15.9. The van der Waals surface area contributed by atoms with Crippen molar-refractivity contribution in [3.8, 4) is 0 Å². The number of hydrogen-bond acceptors (Lipinski definition) is 3. The van der Waals surface area contributed by atoms with Crippen LogP contribution in [0.5, 0.6) is 0 Å². The molecule has 1 aromatic carbocycles. The number of carbonyl (C=O) groups excluding carboxylic acids is 1. The number of halogens is 1. The van der Waals surface area contributed by atoms with Crippen LogP contribution in [0.2, 0.25) is 0 Å². The van der Waals surface area contributed by atoms with Crippen molar-refractivity contribution in [3.05, 3.63) is 35.6 Å². The van der Waals surface area contributed by atoms with Gasteiger partial charge in [-0.2, -0.15) is 0 Å². The van der Waals surface area contributed by atoms with Crippen molar-refractivity contribution < 1.29 is 19.0 Å². The number of carbonyl (C=O) groups is 1. The monoisotopic (exact) mass is 309 g/mol. The molecule has 22 heavy (non-hydrogen) atoms. The van der Waals surface area contributed by atoms with Gasteiger partial charge in [-0.25, -0.2) is 4.39 Å². The highest BCUT2D eigenvalue weighted by Gasteiger charge is 2.24. The minimum absolute atomic E-state index is 0.0484. The molecule has 5 heteroatoms. The maximum Gasteiger partial charge on any atom is 0.249 e. The summed E-state index contributed by atoms with van der Waals surface area (Å²) in [5.74, 6) is -0.622. The quantitative estimate of drug-likeness (QED) is 0.814. The molecule has 1 amide bonds. The van der Waals surface area contributed by atoms with Crippen molar-refractivity contribution >= 4 is 5.91 Å². The largest absolute Gasteiger partial charge is 0.387 e.